The predicted octanol–water partition coefficient (Wildman–Crippen LogP) is 2.13. The summed E-state index contributed by atoms with van der Waals surface area (Å²) in [5.74, 6) is -0.961. The zero-order chi connectivity index (χ0) is 17.4. The Morgan fingerprint density at radius 2 is 2.08 bits per heavy atom. The molecular weight excluding hydrogens is 314 g/mol. The summed E-state index contributed by atoms with van der Waals surface area (Å²) in [5, 5.41) is 3.95. The fourth-order valence-corrected chi connectivity index (χ4v) is 2.68. The summed E-state index contributed by atoms with van der Waals surface area (Å²) < 4.78 is 11.0. The first-order chi connectivity index (χ1) is 11.4. The molecule has 3 aromatic rings. The molecule has 0 unspecified atom stereocenters. The van der Waals surface area contributed by atoms with Crippen LogP contribution in [0.15, 0.2) is 32.0 Å². The Bertz CT molecular complexity index is 972. The maximum atomic E-state index is 12.5. The third-order valence-corrected chi connectivity index (χ3v) is 3.70. The molecule has 3 aromatic heterocycles. The molecule has 0 aliphatic heterocycles. The van der Waals surface area contributed by atoms with Gasteiger partial charge in [0, 0.05) is 11.3 Å². The highest BCUT2D eigenvalue weighted by Gasteiger charge is 2.22. The molecule has 0 atom stereocenters. The Kier molecular flexibility index (Phi) is 3.80. The highest BCUT2D eigenvalue weighted by Crippen LogP contribution is 2.19. The van der Waals surface area contributed by atoms with Crippen LogP contribution in [0.3, 0.4) is 0 Å². The monoisotopic (exact) mass is 329 g/mol. The van der Waals surface area contributed by atoms with Crippen molar-refractivity contribution in [1.82, 2.24) is 14.8 Å². The number of nitrogens with one attached hydrogen (secondary N) is 1. The lowest BCUT2D eigenvalue weighted by molar-refractivity contribution is 0.0959. The maximum absolute atomic E-state index is 12.5. The van der Waals surface area contributed by atoms with Crippen molar-refractivity contribution in [2.24, 2.45) is 0 Å². The third-order valence-electron chi connectivity index (χ3n) is 3.70. The molecule has 0 aromatic carbocycles. The van der Waals surface area contributed by atoms with E-state index >= 15 is 0 Å². The Morgan fingerprint density at radius 1 is 1.33 bits per heavy atom. The van der Waals surface area contributed by atoms with Crippen molar-refractivity contribution in [2.45, 2.75) is 27.3 Å². The summed E-state index contributed by atoms with van der Waals surface area (Å²) >= 11 is 0. The number of ketones is 2. The van der Waals surface area contributed by atoms with Crippen LogP contribution < -0.4 is 5.76 Å². The summed E-state index contributed by atoms with van der Waals surface area (Å²) in [6.07, 6.45) is 1.42. The van der Waals surface area contributed by atoms with Crippen LogP contribution in [-0.4, -0.2) is 26.3 Å². The van der Waals surface area contributed by atoms with Crippen LogP contribution in [-0.2, 0) is 6.54 Å². The van der Waals surface area contributed by atoms with Gasteiger partial charge in [0.25, 0.3) is 5.89 Å². The highest BCUT2D eigenvalue weighted by atomic mass is 16.4. The number of carbonyl (C=O) groups excluding carboxylic acids is 2. The number of hydrogen-bond donors (Lipinski definition) is 1. The van der Waals surface area contributed by atoms with Gasteiger partial charge >= 0.3 is 5.76 Å². The van der Waals surface area contributed by atoms with E-state index in [-0.39, 0.29) is 29.7 Å². The van der Waals surface area contributed by atoms with E-state index in [1.165, 1.54) is 13.2 Å². The Labute approximate surface area is 136 Å². The van der Waals surface area contributed by atoms with Crippen molar-refractivity contribution < 1.29 is 18.4 Å². The number of Topliss-reactive ketones (excluding diaryl/α,β-unsaturated/α-hetero) is 2. The van der Waals surface area contributed by atoms with Crippen molar-refractivity contribution >= 4 is 11.6 Å². The highest BCUT2D eigenvalue weighted by molar-refractivity contribution is 6.03. The van der Waals surface area contributed by atoms with Gasteiger partial charge in [-0.15, -0.1) is 5.10 Å². The molecular formula is C16H15N3O5. The number of aromatic amines is 1. The molecule has 3 heterocycles. The van der Waals surface area contributed by atoms with Gasteiger partial charge in [-0.05, 0) is 38.5 Å². The lowest BCUT2D eigenvalue weighted by atomic mass is 10.1. The average molecular weight is 329 g/mol. The molecule has 0 aliphatic rings. The van der Waals surface area contributed by atoms with Gasteiger partial charge in [0.2, 0.25) is 5.78 Å². The molecule has 24 heavy (non-hydrogen) atoms. The number of aromatic nitrogens is 3. The number of H-pyrrole nitrogens is 1. The maximum Gasteiger partial charge on any atom is 0.437 e. The van der Waals surface area contributed by atoms with E-state index in [0.717, 1.165) is 4.68 Å². The fraction of sp³-hybridized carbons (Fsp3) is 0.250. The van der Waals surface area contributed by atoms with Gasteiger partial charge in [0.05, 0.1) is 12.0 Å². The topological polar surface area (TPSA) is 111 Å². The number of hydrogen-bond acceptors (Lipinski definition) is 6. The average Bonchev–Trinajstić information content (AvgIpc) is 3.20. The molecule has 124 valence electrons. The van der Waals surface area contributed by atoms with Crippen LogP contribution in [0.2, 0.25) is 0 Å². The van der Waals surface area contributed by atoms with Crippen LogP contribution in [0.1, 0.15) is 39.0 Å². The van der Waals surface area contributed by atoms with Gasteiger partial charge in [-0.1, -0.05) is 0 Å². The Hall–Kier alpha value is -3.16. The molecule has 1 N–H and O–H groups in total. The lowest BCUT2D eigenvalue weighted by Crippen LogP contribution is -2.22. The van der Waals surface area contributed by atoms with E-state index in [1.807, 2.05) is 0 Å². The molecule has 0 bridgehead atoms. The standard InChI is InChI=1S/C16H15N3O5/c1-8-13(10(3)20)9(2)17-14(8)11(21)7-19-16(22)24-15(18-19)12-5-4-6-23-12/h4-6,17H,7H2,1-3H3. The largest absolute Gasteiger partial charge is 0.459 e. The number of rotatable bonds is 5. The van der Waals surface area contributed by atoms with Gasteiger partial charge < -0.3 is 13.8 Å². The zero-order valence-electron chi connectivity index (χ0n) is 13.4. The first-order valence-electron chi connectivity index (χ1n) is 7.23. The van der Waals surface area contributed by atoms with Crippen molar-refractivity contribution in [3.8, 4) is 11.7 Å². The number of furan rings is 1. The molecule has 0 aliphatic carbocycles. The van der Waals surface area contributed by atoms with E-state index in [0.29, 0.717) is 22.6 Å². The van der Waals surface area contributed by atoms with E-state index < -0.39 is 5.76 Å². The third kappa shape index (κ3) is 2.62. The van der Waals surface area contributed by atoms with Gasteiger partial charge in [0.15, 0.2) is 11.5 Å². The predicted molar refractivity (Wildman–Crippen MR) is 83.1 cm³/mol. The Morgan fingerprint density at radius 3 is 2.67 bits per heavy atom. The minimum Gasteiger partial charge on any atom is -0.459 e. The second-order valence-corrected chi connectivity index (χ2v) is 5.41. The number of nitrogens with zero attached hydrogens (tertiary/aromatic N) is 2. The number of aryl methyl sites for hydroxylation is 1. The van der Waals surface area contributed by atoms with Gasteiger partial charge in [-0.3, -0.25) is 9.59 Å². The summed E-state index contributed by atoms with van der Waals surface area (Å²) in [6.45, 7) is 4.54. The minimum absolute atomic E-state index is 0.00149. The molecule has 3 rings (SSSR count). The molecule has 0 saturated heterocycles. The molecule has 0 spiro atoms. The normalized spacial score (nSPS) is 11.0. The molecule has 0 radical (unpaired) electrons. The molecule has 8 heteroatoms. The smallest absolute Gasteiger partial charge is 0.437 e. The first-order valence-corrected chi connectivity index (χ1v) is 7.23. The van der Waals surface area contributed by atoms with Crippen molar-refractivity contribution in [1.29, 1.82) is 0 Å². The summed E-state index contributed by atoms with van der Waals surface area (Å²) in [7, 11) is 0. The van der Waals surface area contributed by atoms with Gasteiger partial charge in [-0.25, -0.2) is 4.79 Å². The SMILES string of the molecule is CC(=O)c1c(C)[nH]c(C(=O)Cn2nc(-c3ccco3)oc2=O)c1C. The van der Waals surface area contributed by atoms with Crippen LogP contribution in [0.5, 0.6) is 0 Å². The summed E-state index contributed by atoms with van der Waals surface area (Å²) in [5.41, 5.74) is 1.95. The molecule has 0 amide bonds. The molecule has 0 saturated carbocycles. The first kappa shape index (κ1) is 15.7. The molecule has 8 nitrogen and oxygen atoms in total. The van der Waals surface area contributed by atoms with E-state index in [1.54, 1.807) is 26.0 Å². The summed E-state index contributed by atoms with van der Waals surface area (Å²) in [6, 6.07) is 3.23. The zero-order valence-corrected chi connectivity index (χ0v) is 13.4. The Balaban J connectivity index is 1.90. The number of carbonyl (C=O) groups is 2. The van der Waals surface area contributed by atoms with Crippen LogP contribution in [0, 0.1) is 13.8 Å². The van der Waals surface area contributed by atoms with Crippen molar-refractivity contribution in [3.05, 3.63) is 51.5 Å². The fourth-order valence-electron chi connectivity index (χ4n) is 2.68. The summed E-state index contributed by atoms with van der Waals surface area (Å²) in [4.78, 5) is 38.9. The molecule has 0 fully saturated rings. The quantitative estimate of drug-likeness (QED) is 0.718. The van der Waals surface area contributed by atoms with Crippen LogP contribution in [0.25, 0.3) is 11.7 Å². The van der Waals surface area contributed by atoms with E-state index in [9.17, 15) is 14.4 Å². The minimum atomic E-state index is -0.762. The lowest BCUT2D eigenvalue weighted by Gasteiger charge is -1.99. The second kappa shape index (κ2) is 5.80. The van der Waals surface area contributed by atoms with Crippen molar-refractivity contribution in [3.63, 3.8) is 0 Å². The van der Waals surface area contributed by atoms with Crippen LogP contribution in [0.4, 0.5) is 0 Å². The van der Waals surface area contributed by atoms with E-state index in [2.05, 4.69) is 10.1 Å². The van der Waals surface area contributed by atoms with Gasteiger partial charge in [-0.2, -0.15) is 4.68 Å². The van der Waals surface area contributed by atoms with E-state index in [4.69, 9.17) is 8.83 Å². The second-order valence-electron chi connectivity index (χ2n) is 5.41. The van der Waals surface area contributed by atoms with Crippen LogP contribution >= 0.6 is 0 Å². The van der Waals surface area contributed by atoms with Gasteiger partial charge in [0.1, 0.15) is 6.54 Å². The van der Waals surface area contributed by atoms with Crippen molar-refractivity contribution in [2.75, 3.05) is 0 Å².